The van der Waals surface area contributed by atoms with E-state index in [2.05, 4.69) is 43.2 Å². The lowest BCUT2D eigenvalue weighted by molar-refractivity contribution is 0.122. The van der Waals surface area contributed by atoms with E-state index in [1.54, 1.807) is 19.0 Å². The van der Waals surface area contributed by atoms with E-state index in [0.717, 1.165) is 95.0 Å². The number of pyridine rings is 2. The van der Waals surface area contributed by atoms with E-state index in [1.807, 2.05) is 18.5 Å². The van der Waals surface area contributed by atoms with Crippen molar-refractivity contribution in [1.29, 1.82) is 0 Å². The standard InChI is InChI=1S/C29H43N7O2/c1-33(2)29(37)31-26-7-5-23(6-8-26)9-11-34-12-14-35(15-13-34)27-20-25(24-4-3-10-30-22-24)21-28(32-27)36-16-18-38-19-17-36/h3-4,10,20-23,26H,5-9,11-19H2,1-2H3,(H,31,37). The van der Waals surface area contributed by atoms with Crippen LogP contribution in [0.2, 0.25) is 0 Å². The number of nitrogens with one attached hydrogen (secondary N) is 1. The Morgan fingerprint density at radius 2 is 1.66 bits per heavy atom. The molecule has 2 saturated heterocycles. The molecule has 0 radical (unpaired) electrons. The van der Waals surface area contributed by atoms with Crippen LogP contribution in [0, 0.1) is 5.92 Å². The second-order valence-corrected chi connectivity index (χ2v) is 11.1. The Bertz CT molecular complexity index is 1030. The predicted molar refractivity (Wildman–Crippen MR) is 152 cm³/mol. The normalized spacial score (nSPS) is 22.8. The highest BCUT2D eigenvalue weighted by atomic mass is 16.5. The zero-order valence-corrected chi connectivity index (χ0v) is 23.0. The summed E-state index contributed by atoms with van der Waals surface area (Å²) in [5.41, 5.74) is 2.30. The Morgan fingerprint density at radius 1 is 0.974 bits per heavy atom. The molecule has 0 aromatic carbocycles. The molecule has 2 aliphatic heterocycles. The largest absolute Gasteiger partial charge is 0.378 e. The van der Waals surface area contributed by atoms with Gasteiger partial charge in [-0.1, -0.05) is 6.07 Å². The molecule has 1 N–H and O–H groups in total. The fraction of sp³-hybridized carbons (Fsp3) is 0.621. The summed E-state index contributed by atoms with van der Waals surface area (Å²) in [7, 11) is 3.61. The van der Waals surface area contributed by atoms with Crippen LogP contribution in [0.3, 0.4) is 0 Å². The van der Waals surface area contributed by atoms with Gasteiger partial charge in [0.05, 0.1) is 13.2 Å². The van der Waals surface area contributed by atoms with Gasteiger partial charge in [0.2, 0.25) is 0 Å². The van der Waals surface area contributed by atoms with Gasteiger partial charge in [0.15, 0.2) is 0 Å². The SMILES string of the molecule is CN(C)C(=O)NC1CCC(CCN2CCN(c3cc(-c4cccnc4)cc(N4CCOCC4)n3)CC2)CC1. The summed E-state index contributed by atoms with van der Waals surface area (Å²) >= 11 is 0. The van der Waals surface area contributed by atoms with Gasteiger partial charge in [0, 0.05) is 77.4 Å². The number of amides is 2. The molecule has 38 heavy (non-hydrogen) atoms. The fourth-order valence-electron chi connectivity index (χ4n) is 5.78. The summed E-state index contributed by atoms with van der Waals surface area (Å²) in [5.74, 6) is 2.87. The molecule has 0 spiro atoms. The van der Waals surface area contributed by atoms with Crippen LogP contribution in [0.1, 0.15) is 32.1 Å². The molecule has 0 unspecified atom stereocenters. The highest BCUT2D eigenvalue weighted by molar-refractivity contribution is 5.73. The average molecular weight is 522 g/mol. The summed E-state index contributed by atoms with van der Waals surface area (Å²) in [6.45, 7) is 8.54. The Morgan fingerprint density at radius 3 is 2.29 bits per heavy atom. The van der Waals surface area contributed by atoms with Crippen LogP contribution in [-0.2, 0) is 4.74 Å². The molecule has 0 bridgehead atoms. The second-order valence-electron chi connectivity index (χ2n) is 11.1. The quantitative estimate of drug-likeness (QED) is 0.599. The zero-order valence-electron chi connectivity index (χ0n) is 23.0. The van der Waals surface area contributed by atoms with E-state index in [-0.39, 0.29) is 6.03 Å². The maximum absolute atomic E-state index is 11.9. The van der Waals surface area contributed by atoms with E-state index in [0.29, 0.717) is 6.04 Å². The van der Waals surface area contributed by atoms with Gasteiger partial charge < -0.3 is 24.8 Å². The van der Waals surface area contributed by atoms with Crippen molar-refractivity contribution in [3.05, 3.63) is 36.7 Å². The van der Waals surface area contributed by atoms with Gasteiger partial charge in [-0.25, -0.2) is 9.78 Å². The van der Waals surface area contributed by atoms with Crippen LogP contribution < -0.4 is 15.1 Å². The molecule has 1 aliphatic carbocycles. The first-order valence-electron chi connectivity index (χ1n) is 14.3. The lowest BCUT2D eigenvalue weighted by atomic mass is 9.84. The van der Waals surface area contributed by atoms with E-state index < -0.39 is 0 Å². The van der Waals surface area contributed by atoms with E-state index >= 15 is 0 Å². The highest BCUT2D eigenvalue weighted by Gasteiger charge is 2.25. The maximum Gasteiger partial charge on any atom is 0.317 e. The minimum atomic E-state index is 0.0313. The van der Waals surface area contributed by atoms with Gasteiger partial charge in [-0.3, -0.25) is 9.88 Å². The van der Waals surface area contributed by atoms with Gasteiger partial charge in [-0.2, -0.15) is 0 Å². The Hall–Kier alpha value is -2.91. The molecule has 3 aliphatic rings. The highest BCUT2D eigenvalue weighted by Crippen LogP contribution is 2.30. The first kappa shape index (κ1) is 26.7. The zero-order chi connectivity index (χ0) is 26.3. The third-order valence-corrected chi connectivity index (χ3v) is 8.26. The average Bonchev–Trinajstić information content (AvgIpc) is 2.97. The van der Waals surface area contributed by atoms with Crippen LogP contribution in [0.15, 0.2) is 36.7 Å². The molecule has 4 heterocycles. The number of carbonyl (C=O) groups is 1. The van der Waals surface area contributed by atoms with Gasteiger partial charge in [0.25, 0.3) is 0 Å². The number of rotatable bonds is 7. The first-order chi connectivity index (χ1) is 18.5. The Kier molecular flexibility index (Phi) is 8.96. The van der Waals surface area contributed by atoms with Gasteiger partial charge in [-0.15, -0.1) is 0 Å². The van der Waals surface area contributed by atoms with Crippen LogP contribution >= 0.6 is 0 Å². The number of anilines is 2. The molecular formula is C29H43N7O2. The van der Waals surface area contributed by atoms with Crippen molar-refractivity contribution in [2.45, 2.75) is 38.1 Å². The topological polar surface area (TPSA) is 77.1 Å². The number of urea groups is 1. The van der Waals surface area contributed by atoms with Crippen LogP contribution in [-0.4, -0.2) is 105 Å². The van der Waals surface area contributed by atoms with Gasteiger partial charge in [0.1, 0.15) is 11.6 Å². The molecule has 1 saturated carbocycles. The summed E-state index contributed by atoms with van der Waals surface area (Å²) < 4.78 is 5.58. The summed E-state index contributed by atoms with van der Waals surface area (Å²) in [5, 5.41) is 3.16. The molecular weight excluding hydrogens is 478 g/mol. The number of nitrogens with zero attached hydrogens (tertiary/aromatic N) is 6. The van der Waals surface area contributed by atoms with Crippen molar-refractivity contribution < 1.29 is 9.53 Å². The number of aromatic nitrogens is 2. The molecule has 2 aromatic heterocycles. The Labute approximate surface area is 227 Å². The molecule has 2 amide bonds. The van der Waals surface area contributed by atoms with Crippen molar-refractivity contribution >= 4 is 17.7 Å². The monoisotopic (exact) mass is 521 g/mol. The van der Waals surface area contributed by atoms with Gasteiger partial charge in [-0.05, 0) is 68.3 Å². The lowest BCUT2D eigenvalue weighted by Crippen LogP contribution is -2.47. The van der Waals surface area contributed by atoms with E-state index in [1.165, 1.54) is 24.8 Å². The molecule has 3 fully saturated rings. The summed E-state index contributed by atoms with van der Waals surface area (Å²) in [6, 6.07) is 8.91. The van der Waals surface area contributed by atoms with E-state index in [9.17, 15) is 4.79 Å². The molecule has 206 valence electrons. The van der Waals surface area contributed by atoms with E-state index in [4.69, 9.17) is 9.72 Å². The molecule has 2 aromatic rings. The number of ether oxygens (including phenoxy) is 1. The minimum Gasteiger partial charge on any atom is -0.378 e. The van der Waals surface area contributed by atoms with Crippen LogP contribution in [0.5, 0.6) is 0 Å². The van der Waals surface area contributed by atoms with Crippen molar-refractivity contribution in [1.82, 2.24) is 25.1 Å². The van der Waals surface area contributed by atoms with Crippen LogP contribution in [0.25, 0.3) is 11.1 Å². The maximum atomic E-state index is 11.9. The first-order valence-corrected chi connectivity index (χ1v) is 14.3. The van der Waals surface area contributed by atoms with Crippen molar-refractivity contribution in [3.8, 4) is 11.1 Å². The number of carbonyl (C=O) groups excluding carboxylic acids is 1. The fourth-order valence-corrected chi connectivity index (χ4v) is 5.78. The third-order valence-electron chi connectivity index (χ3n) is 8.26. The number of piperazine rings is 1. The third kappa shape index (κ3) is 6.94. The predicted octanol–water partition coefficient (Wildman–Crippen LogP) is 3.32. The van der Waals surface area contributed by atoms with Crippen molar-refractivity contribution in [2.24, 2.45) is 5.92 Å². The number of hydrogen-bond donors (Lipinski definition) is 1. The summed E-state index contributed by atoms with van der Waals surface area (Å²) in [6.07, 6.45) is 9.64. The lowest BCUT2D eigenvalue weighted by Gasteiger charge is -2.37. The van der Waals surface area contributed by atoms with Crippen LogP contribution in [0.4, 0.5) is 16.4 Å². The molecule has 9 nitrogen and oxygen atoms in total. The molecule has 0 atom stereocenters. The Balaban J connectivity index is 1.14. The molecule has 9 heteroatoms. The second kappa shape index (κ2) is 12.8. The minimum absolute atomic E-state index is 0.0313. The van der Waals surface area contributed by atoms with Crippen molar-refractivity contribution in [2.75, 3.05) is 82.9 Å². The van der Waals surface area contributed by atoms with Gasteiger partial charge >= 0.3 is 6.03 Å². The smallest absolute Gasteiger partial charge is 0.317 e. The number of hydrogen-bond acceptors (Lipinski definition) is 7. The number of morpholine rings is 1. The van der Waals surface area contributed by atoms with Crippen molar-refractivity contribution in [3.63, 3.8) is 0 Å². The molecule has 5 rings (SSSR count). The summed E-state index contributed by atoms with van der Waals surface area (Å²) in [4.78, 5) is 30.4.